The maximum absolute atomic E-state index is 12.7. The van der Waals surface area contributed by atoms with Crippen molar-refractivity contribution in [2.75, 3.05) is 5.32 Å². The van der Waals surface area contributed by atoms with Gasteiger partial charge in [-0.2, -0.15) is 4.37 Å². The van der Waals surface area contributed by atoms with E-state index in [2.05, 4.69) is 14.7 Å². The molecule has 6 nitrogen and oxygen atoms in total. The van der Waals surface area contributed by atoms with E-state index in [1.54, 1.807) is 12.1 Å². The summed E-state index contributed by atoms with van der Waals surface area (Å²) in [7, 11) is 0. The summed E-state index contributed by atoms with van der Waals surface area (Å²) < 4.78 is 6.17. The van der Waals surface area contributed by atoms with Crippen molar-refractivity contribution in [2.24, 2.45) is 0 Å². The highest BCUT2D eigenvalue weighted by atomic mass is 32.1. The van der Waals surface area contributed by atoms with E-state index in [1.165, 1.54) is 10.9 Å². The Labute approximate surface area is 159 Å². The molecule has 4 rings (SSSR count). The third kappa shape index (κ3) is 3.50. The number of hydrogen-bond acceptors (Lipinski definition) is 5. The lowest BCUT2D eigenvalue weighted by molar-refractivity contribution is -0.116. The van der Waals surface area contributed by atoms with Gasteiger partial charge in [-0.05, 0) is 36.7 Å². The summed E-state index contributed by atoms with van der Waals surface area (Å²) in [4.78, 5) is 29.4. The maximum Gasteiger partial charge on any atom is 0.273 e. The number of rotatable bonds is 4. The molecule has 0 spiro atoms. The number of hydrogen-bond donors (Lipinski definition) is 1. The monoisotopic (exact) mass is 376 g/mol. The van der Waals surface area contributed by atoms with Crippen LogP contribution in [0, 0.1) is 6.92 Å². The van der Waals surface area contributed by atoms with Crippen molar-refractivity contribution in [1.82, 2.24) is 13.9 Å². The molecule has 0 atom stereocenters. The van der Waals surface area contributed by atoms with Gasteiger partial charge in [0.1, 0.15) is 22.5 Å². The second-order valence-electron chi connectivity index (χ2n) is 6.17. The van der Waals surface area contributed by atoms with E-state index in [9.17, 15) is 9.59 Å². The molecule has 1 amide bonds. The molecular weight excluding hydrogens is 360 g/mol. The summed E-state index contributed by atoms with van der Waals surface area (Å²) in [5, 5.41) is 2.76. The topological polar surface area (TPSA) is 76.9 Å². The van der Waals surface area contributed by atoms with Gasteiger partial charge in [-0.1, -0.05) is 42.0 Å². The van der Waals surface area contributed by atoms with Crippen LogP contribution >= 0.6 is 11.5 Å². The summed E-state index contributed by atoms with van der Waals surface area (Å²) in [5.74, 6) is -0.284. The molecule has 0 saturated carbocycles. The van der Waals surface area contributed by atoms with Gasteiger partial charge in [-0.25, -0.2) is 4.98 Å². The van der Waals surface area contributed by atoms with Crippen molar-refractivity contribution >= 4 is 33.3 Å². The average Bonchev–Trinajstić information content (AvgIpc) is 3.10. The fraction of sp³-hybridized carbons (Fsp3) is 0.100. The fourth-order valence-corrected chi connectivity index (χ4v) is 3.63. The Morgan fingerprint density at radius 1 is 1.15 bits per heavy atom. The Morgan fingerprint density at radius 3 is 2.74 bits per heavy atom. The predicted octanol–water partition coefficient (Wildman–Crippen LogP) is 3.47. The van der Waals surface area contributed by atoms with Crippen LogP contribution < -0.4 is 10.9 Å². The number of fused-ring (bicyclic) bond motifs is 1. The number of nitrogens with one attached hydrogen (secondary N) is 1. The molecule has 134 valence electrons. The van der Waals surface area contributed by atoms with Crippen LogP contribution in [0.5, 0.6) is 0 Å². The van der Waals surface area contributed by atoms with Crippen molar-refractivity contribution in [3.8, 4) is 11.3 Å². The molecule has 0 bridgehead atoms. The largest absolute Gasteiger partial charge is 0.325 e. The number of nitrogens with zero attached hydrogens (tertiary/aromatic N) is 3. The van der Waals surface area contributed by atoms with Crippen molar-refractivity contribution in [1.29, 1.82) is 0 Å². The van der Waals surface area contributed by atoms with Crippen LogP contribution in [-0.2, 0) is 11.3 Å². The Bertz CT molecular complexity index is 1180. The molecule has 2 heterocycles. The highest BCUT2D eigenvalue weighted by Crippen LogP contribution is 2.27. The van der Waals surface area contributed by atoms with Gasteiger partial charge in [-0.15, -0.1) is 0 Å². The summed E-state index contributed by atoms with van der Waals surface area (Å²) in [6, 6.07) is 17.0. The molecule has 0 radical (unpaired) electrons. The summed E-state index contributed by atoms with van der Waals surface area (Å²) in [6.07, 6.45) is 1.41. The molecular formula is C20H16N4O2S. The van der Waals surface area contributed by atoms with Crippen LogP contribution in [0.4, 0.5) is 5.69 Å². The molecule has 0 aliphatic rings. The number of para-hydroxylation sites is 1. The molecule has 2 aromatic heterocycles. The smallest absolute Gasteiger partial charge is 0.273 e. The molecule has 0 aliphatic carbocycles. The molecule has 1 N–H and O–H groups in total. The highest BCUT2D eigenvalue weighted by molar-refractivity contribution is 7.13. The van der Waals surface area contributed by atoms with Crippen LogP contribution in [0.2, 0.25) is 0 Å². The number of aromatic nitrogens is 3. The number of aryl methyl sites for hydroxylation is 1. The minimum atomic E-state index is -0.284. The van der Waals surface area contributed by atoms with Gasteiger partial charge in [0.25, 0.3) is 5.56 Å². The molecule has 4 aromatic rings. The lowest BCUT2D eigenvalue weighted by Gasteiger charge is -2.07. The molecule has 0 aliphatic heterocycles. The van der Waals surface area contributed by atoms with Gasteiger partial charge in [-0.3, -0.25) is 14.2 Å². The summed E-state index contributed by atoms with van der Waals surface area (Å²) in [6.45, 7) is 1.90. The molecule has 0 fully saturated rings. The highest BCUT2D eigenvalue weighted by Gasteiger charge is 2.15. The first-order chi connectivity index (χ1) is 13.1. The minimum absolute atomic E-state index is 0.103. The zero-order chi connectivity index (χ0) is 18.8. The fourth-order valence-electron chi connectivity index (χ4n) is 2.83. The SMILES string of the molecule is Cc1cccc(-c2nsc3c(=O)n(CC(=O)Nc4ccccc4)cnc23)c1. The first kappa shape index (κ1) is 17.1. The number of carbonyl (C=O) groups is 1. The van der Waals surface area contributed by atoms with E-state index in [-0.39, 0.29) is 18.0 Å². The van der Waals surface area contributed by atoms with Crippen LogP contribution in [0.15, 0.2) is 65.7 Å². The Morgan fingerprint density at radius 2 is 1.96 bits per heavy atom. The van der Waals surface area contributed by atoms with Gasteiger partial charge in [0.05, 0.1) is 6.33 Å². The molecule has 0 saturated heterocycles. The van der Waals surface area contributed by atoms with Crippen molar-refractivity contribution in [2.45, 2.75) is 13.5 Å². The predicted molar refractivity (Wildman–Crippen MR) is 107 cm³/mol. The summed E-state index contributed by atoms with van der Waals surface area (Å²) >= 11 is 1.11. The third-order valence-electron chi connectivity index (χ3n) is 4.11. The second kappa shape index (κ2) is 7.13. The quantitative estimate of drug-likeness (QED) is 0.592. The number of benzene rings is 2. The van der Waals surface area contributed by atoms with E-state index < -0.39 is 0 Å². The second-order valence-corrected chi connectivity index (χ2v) is 6.94. The normalized spacial score (nSPS) is 10.9. The maximum atomic E-state index is 12.7. The van der Waals surface area contributed by atoms with Crippen molar-refractivity contribution in [3.63, 3.8) is 0 Å². The lowest BCUT2D eigenvalue weighted by atomic mass is 10.1. The third-order valence-corrected chi connectivity index (χ3v) is 4.94. The number of carbonyl (C=O) groups excluding carboxylic acids is 1. The molecule has 7 heteroatoms. The lowest BCUT2D eigenvalue weighted by Crippen LogP contribution is -2.27. The standard InChI is InChI=1S/C20H16N4O2S/c1-13-6-5-7-14(10-13)17-18-19(27-23-17)20(26)24(12-21-18)11-16(25)22-15-8-3-2-4-9-15/h2-10,12H,11H2,1H3,(H,22,25). The van der Waals surface area contributed by atoms with E-state index in [4.69, 9.17) is 0 Å². The van der Waals surface area contributed by atoms with Crippen LogP contribution in [-0.4, -0.2) is 19.8 Å². The van der Waals surface area contributed by atoms with Gasteiger partial charge >= 0.3 is 0 Å². The minimum Gasteiger partial charge on any atom is -0.325 e. The van der Waals surface area contributed by atoms with E-state index in [0.717, 1.165) is 22.7 Å². The number of anilines is 1. The van der Waals surface area contributed by atoms with Crippen LogP contribution in [0.25, 0.3) is 21.5 Å². The number of amides is 1. The Balaban J connectivity index is 1.63. The molecule has 2 aromatic carbocycles. The molecule has 27 heavy (non-hydrogen) atoms. The Kier molecular flexibility index (Phi) is 4.52. The van der Waals surface area contributed by atoms with Crippen molar-refractivity contribution in [3.05, 3.63) is 76.8 Å². The zero-order valence-corrected chi connectivity index (χ0v) is 15.4. The van der Waals surface area contributed by atoms with Gasteiger partial charge in [0, 0.05) is 11.3 Å². The molecule has 0 unspecified atom stereocenters. The van der Waals surface area contributed by atoms with Crippen molar-refractivity contribution < 1.29 is 4.79 Å². The average molecular weight is 376 g/mol. The zero-order valence-electron chi connectivity index (χ0n) is 14.5. The summed E-state index contributed by atoms with van der Waals surface area (Å²) in [5.41, 5.74) is 3.71. The Hall–Kier alpha value is -3.32. The van der Waals surface area contributed by atoms with Gasteiger partial charge in [0.2, 0.25) is 5.91 Å². The first-order valence-corrected chi connectivity index (χ1v) is 9.16. The van der Waals surface area contributed by atoms with Gasteiger partial charge < -0.3 is 5.32 Å². The van der Waals surface area contributed by atoms with Crippen LogP contribution in [0.1, 0.15) is 5.56 Å². The van der Waals surface area contributed by atoms with E-state index in [0.29, 0.717) is 21.6 Å². The van der Waals surface area contributed by atoms with Crippen LogP contribution in [0.3, 0.4) is 0 Å². The first-order valence-electron chi connectivity index (χ1n) is 8.38. The van der Waals surface area contributed by atoms with E-state index >= 15 is 0 Å². The van der Waals surface area contributed by atoms with E-state index in [1.807, 2.05) is 49.4 Å². The van der Waals surface area contributed by atoms with Gasteiger partial charge in [0.15, 0.2) is 0 Å².